The van der Waals surface area contributed by atoms with Gasteiger partial charge in [0.25, 0.3) is 0 Å². The molecular formula is C16H23NO. The first kappa shape index (κ1) is 12.0. The zero-order chi connectivity index (χ0) is 13.1. The Morgan fingerprint density at radius 3 is 2.72 bits per heavy atom. The lowest BCUT2D eigenvalue weighted by Crippen LogP contribution is -2.62. The van der Waals surface area contributed by atoms with Crippen LogP contribution in [0.2, 0.25) is 0 Å². The fourth-order valence-corrected chi connectivity index (χ4v) is 4.19. The predicted octanol–water partition coefficient (Wildman–Crippen LogP) is 2.94. The van der Waals surface area contributed by atoms with Gasteiger partial charge in [0.05, 0.1) is 0 Å². The van der Waals surface area contributed by atoms with Crippen LogP contribution in [0.1, 0.15) is 38.3 Å². The number of phenolic OH excluding ortho intramolecular Hbond substituents is 1. The van der Waals surface area contributed by atoms with E-state index in [1.165, 1.54) is 17.5 Å². The molecule has 0 amide bonds. The van der Waals surface area contributed by atoms with Crippen molar-refractivity contribution >= 4 is 0 Å². The first-order valence-corrected chi connectivity index (χ1v) is 6.89. The summed E-state index contributed by atoms with van der Waals surface area (Å²) in [6, 6.07) is 6.57. The quantitative estimate of drug-likeness (QED) is 0.759. The van der Waals surface area contributed by atoms with E-state index in [1.807, 2.05) is 12.1 Å². The molecule has 1 aromatic rings. The van der Waals surface area contributed by atoms with Crippen molar-refractivity contribution in [2.75, 3.05) is 13.6 Å². The van der Waals surface area contributed by atoms with Crippen LogP contribution < -0.4 is 0 Å². The van der Waals surface area contributed by atoms with Crippen LogP contribution in [-0.2, 0) is 11.8 Å². The van der Waals surface area contributed by atoms with Gasteiger partial charge in [-0.05, 0) is 49.0 Å². The van der Waals surface area contributed by atoms with Crippen molar-refractivity contribution in [3.63, 3.8) is 0 Å². The van der Waals surface area contributed by atoms with E-state index in [2.05, 4.69) is 38.8 Å². The lowest BCUT2D eigenvalue weighted by Gasteiger charge is -2.60. The summed E-state index contributed by atoms with van der Waals surface area (Å²) in [7, 11) is 2.22. The third-order valence-corrected chi connectivity index (χ3v) is 5.89. The van der Waals surface area contributed by atoms with E-state index in [4.69, 9.17) is 0 Å². The van der Waals surface area contributed by atoms with E-state index in [0.717, 1.165) is 13.0 Å². The van der Waals surface area contributed by atoms with Crippen molar-refractivity contribution in [2.45, 2.75) is 45.1 Å². The van der Waals surface area contributed by atoms with Gasteiger partial charge in [0.15, 0.2) is 0 Å². The molecule has 0 radical (unpaired) electrons. The molecule has 1 aliphatic carbocycles. The molecule has 1 saturated heterocycles. The van der Waals surface area contributed by atoms with Crippen molar-refractivity contribution in [3.05, 3.63) is 29.3 Å². The Bertz CT molecular complexity index is 494. The van der Waals surface area contributed by atoms with Crippen LogP contribution in [0.15, 0.2) is 18.2 Å². The largest absolute Gasteiger partial charge is 0.508 e. The van der Waals surface area contributed by atoms with Crippen molar-refractivity contribution in [2.24, 2.45) is 5.41 Å². The Morgan fingerprint density at radius 1 is 1.28 bits per heavy atom. The predicted molar refractivity (Wildman–Crippen MR) is 74.0 cm³/mol. The second kappa shape index (κ2) is 3.51. The maximum absolute atomic E-state index is 10.2. The number of rotatable bonds is 0. The minimum absolute atomic E-state index is 0.177. The van der Waals surface area contributed by atoms with Crippen LogP contribution in [-0.4, -0.2) is 29.6 Å². The minimum Gasteiger partial charge on any atom is -0.508 e. The van der Waals surface area contributed by atoms with Gasteiger partial charge in [-0.25, -0.2) is 0 Å². The summed E-state index contributed by atoms with van der Waals surface area (Å²) in [6.07, 6.45) is 2.14. The molecule has 1 N–H and O–H groups in total. The van der Waals surface area contributed by atoms with Gasteiger partial charge in [-0.1, -0.05) is 32.9 Å². The standard InChI is InChI=1S/C16H23NO/c1-15(2)14-10-11-12(6-5-7-13(11)18)16(15,3)8-9-17(14)4/h5-7,14,18H,8-10H2,1-4H3. The number of aromatic hydroxyl groups is 1. The number of phenols is 1. The number of fused-ring (bicyclic) bond motifs is 4. The third kappa shape index (κ3) is 1.27. The average Bonchev–Trinajstić information content (AvgIpc) is 2.30. The van der Waals surface area contributed by atoms with Crippen LogP contribution >= 0.6 is 0 Å². The maximum Gasteiger partial charge on any atom is 0.119 e. The summed E-state index contributed by atoms with van der Waals surface area (Å²) in [5.41, 5.74) is 2.98. The van der Waals surface area contributed by atoms with Crippen LogP contribution in [0, 0.1) is 5.41 Å². The highest BCUT2D eigenvalue weighted by Gasteiger charge is 2.55. The minimum atomic E-state index is 0.177. The van der Waals surface area contributed by atoms with Crippen molar-refractivity contribution in [1.82, 2.24) is 4.90 Å². The lowest BCUT2D eigenvalue weighted by molar-refractivity contribution is -0.0248. The second-order valence-electron chi connectivity index (χ2n) is 6.81. The highest BCUT2D eigenvalue weighted by molar-refractivity contribution is 5.48. The summed E-state index contributed by atoms with van der Waals surface area (Å²) in [5.74, 6) is 0.481. The molecule has 2 aliphatic rings. The monoisotopic (exact) mass is 245 g/mol. The number of likely N-dealkylation sites (tertiary alicyclic amines) is 1. The molecule has 1 aliphatic heterocycles. The zero-order valence-corrected chi connectivity index (χ0v) is 11.8. The van der Waals surface area contributed by atoms with Gasteiger partial charge in [-0.15, -0.1) is 0 Å². The fraction of sp³-hybridized carbons (Fsp3) is 0.625. The Hall–Kier alpha value is -1.02. The molecule has 2 bridgehead atoms. The van der Waals surface area contributed by atoms with Gasteiger partial charge >= 0.3 is 0 Å². The van der Waals surface area contributed by atoms with Crippen molar-refractivity contribution in [3.8, 4) is 5.75 Å². The molecule has 2 heteroatoms. The van der Waals surface area contributed by atoms with E-state index < -0.39 is 0 Å². The number of hydrogen-bond acceptors (Lipinski definition) is 2. The van der Waals surface area contributed by atoms with Gasteiger partial charge < -0.3 is 10.0 Å². The number of likely N-dealkylation sites (N-methyl/N-ethyl adjacent to an activating group) is 1. The summed E-state index contributed by atoms with van der Waals surface area (Å²) < 4.78 is 0. The smallest absolute Gasteiger partial charge is 0.119 e. The highest BCUT2D eigenvalue weighted by atomic mass is 16.3. The molecule has 2 unspecified atom stereocenters. The van der Waals surface area contributed by atoms with E-state index in [-0.39, 0.29) is 10.8 Å². The van der Waals surface area contributed by atoms with Gasteiger partial charge in [0.2, 0.25) is 0 Å². The molecule has 1 heterocycles. The zero-order valence-electron chi connectivity index (χ0n) is 11.8. The number of benzene rings is 1. The van der Waals surface area contributed by atoms with Gasteiger partial charge in [0, 0.05) is 11.5 Å². The molecule has 2 atom stereocenters. The maximum atomic E-state index is 10.2. The fourth-order valence-electron chi connectivity index (χ4n) is 4.19. The third-order valence-electron chi connectivity index (χ3n) is 5.89. The molecule has 0 aromatic heterocycles. The highest BCUT2D eigenvalue weighted by Crippen LogP contribution is 2.56. The SMILES string of the molecule is CN1CCC2(C)c3cccc(O)c3CC1C2(C)C. The Balaban J connectivity index is 2.25. The summed E-state index contributed by atoms with van der Waals surface area (Å²) >= 11 is 0. The molecular weight excluding hydrogens is 222 g/mol. The average molecular weight is 245 g/mol. The van der Waals surface area contributed by atoms with E-state index in [9.17, 15) is 5.11 Å². The van der Waals surface area contributed by atoms with Crippen LogP contribution in [0.25, 0.3) is 0 Å². The summed E-state index contributed by atoms with van der Waals surface area (Å²) in [5, 5.41) is 10.2. The molecule has 0 saturated carbocycles. The molecule has 1 fully saturated rings. The normalized spacial score (nSPS) is 34.1. The lowest BCUT2D eigenvalue weighted by atomic mass is 9.51. The van der Waals surface area contributed by atoms with Crippen LogP contribution in [0.4, 0.5) is 0 Å². The van der Waals surface area contributed by atoms with Gasteiger partial charge in [0.1, 0.15) is 5.75 Å². The molecule has 1 aromatic carbocycles. The Morgan fingerprint density at radius 2 is 2.00 bits per heavy atom. The first-order valence-electron chi connectivity index (χ1n) is 6.89. The summed E-state index contributed by atoms with van der Waals surface area (Å²) in [4.78, 5) is 2.47. The van der Waals surface area contributed by atoms with Crippen molar-refractivity contribution < 1.29 is 5.11 Å². The second-order valence-corrected chi connectivity index (χ2v) is 6.81. The van der Waals surface area contributed by atoms with E-state index >= 15 is 0 Å². The topological polar surface area (TPSA) is 23.5 Å². The summed E-state index contributed by atoms with van der Waals surface area (Å²) in [6.45, 7) is 8.31. The van der Waals surface area contributed by atoms with Crippen LogP contribution in [0.5, 0.6) is 5.75 Å². The molecule has 98 valence electrons. The molecule has 18 heavy (non-hydrogen) atoms. The van der Waals surface area contributed by atoms with E-state index in [1.54, 1.807) is 0 Å². The van der Waals surface area contributed by atoms with Gasteiger partial charge in [-0.3, -0.25) is 0 Å². The van der Waals surface area contributed by atoms with Crippen LogP contribution in [0.3, 0.4) is 0 Å². The van der Waals surface area contributed by atoms with Crippen molar-refractivity contribution in [1.29, 1.82) is 0 Å². The molecule has 0 spiro atoms. The number of piperidine rings is 1. The Kier molecular flexibility index (Phi) is 2.34. The molecule has 2 nitrogen and oxygen atoms in total. The Labute approximate surface area is 110 Å². The number of hydrogen-bond donors (Lipinski definition) is 1. The molecule has 3 rings (SSSR count). The van der Waals surface area contributed by atoms with E-state index in [0.29, 0.717) is 11.8 Å². The number of nitrogens with zero attached hydrogens (tertiary/aromatic N) is 1. The first-order chi connectivity index (χ1) is 8.38. The van der Waals surface area contributed by atoms with Gasteiger partial charge in [-0.2, -0.15) is 0 Å².